The zero-order valence-corrected chi connectivity index (χ0v) is 23.9. The van der Waals surface area contributed by atoms with E-state index in [1.54, 1.807) is 7.11 Å². The number of hydrogen-bond donors (Lipinski definition) is 2. The Balaban J connectivity index is 1.75. The van der Waals surface area contributed by atoms with E-state index in [1.165, 1.54) is 0 Å². The summed E-state index contributed by atoms with van der Waals surface area (Å²) in [5, 5.41) is 12.2. The Bertz CT molecular complexity index is 1280. The van der Waals surface area contributed by atoms with E-state index >= 15 is 0 Å². The first kappa shape index (κ1) is 29.2. The van der Waals surface area contributed by atoms with Crippen LogP contribution in [0.5, 0.6) is 11.5 Å². The summed E-state index contributed by atoms with van der Waals surface area (Å²) < 4.78 is 17.8. The maximum absolute atomic E-state index is 14.2. The lowest BCUT2D eigenvalue weighted by Gasteiger charge is -2.31. The second-order valence-corrected chi connectivity index (χ2v) is 11.3. The minimum atomic E-state index is -1.24. The largest absolute Gasteiger partial charge is 0.497 e. The van der Waals surface area contributed by atoms with Gasteiger partial charge in [-0.2, -0.15) is 0 Å². The maximum Gasteiger partial charge on any atom is 0.252 e. The van der Waals surface area contributed by atoms with E-state index in [-0.39, 0.29) is 17.9 Å². The van der Waals surface area contributed by atoms with Gasteiger partial charge in [0.15, 0.2) is 11.6 Å². The number of nitrogens with one attached hydrogen (secondary N) is 1. The monoisotopic (exact) mass is 544 g/mol. The van der Waals surface area contributed by atoms with E-state index in [9.17, 15) is 4.79 Å². The highest BCUT2D eigenvalue weighted by Gasteiger charge is 2.53. The predicted octanol–water partition coefficient (Wildman–Crippen LogP) is 5.51. The van der Waals surface area contributed by atoms with Crippen molar-refractivity contribution in [3.8, 4) is 11.5 Å². The molecule has 7 nitrogen and oxygen atoms in total. The summed E-state index contributed by atoms with van der Waals surface area (Å²) in [6.45, 7) is 7.52. The van der Waals surface area contributed by atoms with Crippen LogP contribution in [0.25, 0.3) is 0 Å². The number of aliphatic hydroxyl groups excluding tert-OH is 1. The second-order valence-electron chi connectivity index (χ2n) is 11.3. The number of ether oxygens (including phenoxy) is 3. The second kappa shape index (κ2) is 13.0. The number of aliphatic hydroxyl groups is 1. The van der Waals surface area contributed by atoms with Gasteiger partial charge in [0, 0.05) is 31.6 Å². The normalized spacial score (nSPS) is 18.5. The minimum absolute atomic E-state index is 0.0771. The summed E-state index contributed by atoms with van der Waals surface area (Å²) in [5.41, 5.74) is 1.39. The van der Waals surface area contributed by atoms with Crippen molar-refractivity contribution < 1.29 is 24.1 Å². The first-order valence-corrected chi connectivity index (χ1v) is 13.8. The standard InChI is InChI=1S/C33H40N2O5/c1-32(2,3)18-19-34-31(37)33(23-24-10-6-5-7-11-24)29(26-12-8-13-28(22-26)38-4)40-30(35-33)25-14-16-27(17-15-25)39-21-9-20-36/h5-8,10-17,22,29,36H,9,18-21,23H2,1-4H3,(H,34,37)/t29-,33-/m1/s1. The van der Waals surface area contributed by atoms with Gasteiger partial charge in [-0.05, 0) is 59.4 Å². The van der Waals surface area contributed by atoms with Crippen molar-refractivity contribution in [2.45, 2.75) is 51.7 Å². The number of amides is 1. The summed E-state index contributed by atoms with van der Waals surface area (Å²) in [4.78, 5) is 19.3. The van der Waals surface area contributed by atoms with Crippen molar-refractivity contribution in [2.75, 3.05) is 26.9 Å². The molecule has 40 heavy (non-hydrogen) atoms. The molecule has 0 unspecified atom stereocenters. The van der Waals surface area contributed by atoms with Gasteiger partial charge in [-0.3, -0.25) is 4.79 Å². The summed E-state index contributed by atoms with van der Waals surface area (Å²) >= 11 is 0. The summed E-state index contributed by atoms with van der Waals surface area (Å²) in [5.74, 6) is 1.60. The highest BCUT2D eigenvalue weighted by molar-refractivity contribution is 6.01. The van der Waals surface area contributed by atoms with Gasteiger partial charge >= 0.3 is 0 Å². The van der Waals surface area contributed by atoms with Crippen molar-refractivity contribution in [1.82, 2.24) is 5.32 Å². The van der Waals surface area contributed by atoms with Crippen LogP contribution in [0.15, 0.2) is 83.9 Å². The van der Waals surface area contributed by atoms with Crippen LogP contribution >= 0.6 is 0 Å². The van der Waals surface area contributed by atoms with Crippen molar-refractivity contribution in [1.29, 1.82) is 0 Å². The van der Waals surface area contributed by atoms with Crippen LogP contribution < -0.4 is 14.8 Å². The van der Waals surface area contributed by atoms with Crippen molar-refractivity contribution in [2.24, 2.45) is 10.4 Å². The summed E-state index contributed by atoms with van der Waals surface area (Å²) in [7, 11) is 1.62. The lowest BCUT2D eigenvalue weighted by Crippen LogP contribution is -2.50. The molecule has 7 heteroatoms. The van der Waals surface area contributed by atoms with Crippen molar-refractivity contribution in [3.63, 3.8) is 0 Å². The van der Waals surface area contributed by atoms with E-state index < -0.39 is 11.6 Å². The fourth-order valence-electron chi connectivity index (χ4n) is 4.70. The average molecular weight is 545 g/mol. The molecule has 0 saturated heterocycles. The van der Waals surface area contributed by atoms with Crippen LogP contribution in [0.1, 0.15) is 56.4 Å². The molecular formula is C33H40N2O5. The van der Waals surface area contributed by atoms with Gasteiger partial charge in [-0.1, -0.05) is 63.2 Å². The van der Waals surface area contributed by atoms with E-state index in [0.29, 0.717) is 43.4 Å². The Morgan fingerprint density at radius 1 is 1.02 bits per heavy atom. The van der Waals surface area contributed by atoms with Gasteiger partial charge in [0.1, 0.15) is 11.5 Å². The van der Waals surface area contributed by atoms with Crippen molar-refractivity contribution in [3.05, 3.63) is 95.6 Å². The van der Waals surface area contributed by atoms with Gasteiger partial charge in [-0.25, -0.2) is 4.99 Å². The maximum atomic E-state index is 14.2. The highest BCUT2D eigenvalue weighted by Crippen LogP contribution is 2.43. The number of rotatable bonds is 12. The molecule has 4 rings (SSSR count). The topological polar surface area (TPSA) is 89.4 Å². The molecule has 0 bridgehead atoms. The van der Waals surface area contributed by atoms with Crippen molar-refractivity contribution >= 4 is 11.8 Å². The van der Waals surface area contributed by atoms with E-state index in [4.69, 9.17) is 24.3 Å². The molecule has 0 aliphatic carbocycles. The summed E-state index contributed by atoms with van der Waals surface area (Å²) in [6, 6.07) is 25.0. The molecule has 1 aliphatic heterocycles. The Hall–Kier alpha value is -3.84. The first-order chi connectivity index (χ1) is 19.2. The summed E-state index contributed by atoms with van der Waals surface area (Å²) in [6.07, 6.45) is 1.08. The lowest BCUT2D eigenvalue weighted by atomic mass is 9.81. The van der Waals surface area contributed by atoms with Crippen LogP contribution in [0, 0.1) is 5.41 Å². The molecule has 1 heterocycles. The van der Waals surface area contributed by atoms with E-state index in [1.807, 2.05) is 78.9 Å². The Kier molecular flexibility index (Phi) is 9.48. The van der Waals surface area contributed by atoms with E-state index in [0.717, 1.165) is 23.1 Å². The SMILES string of the molecule is COc1cccc([C@H]2OC(c3ccc(OCCCO)cc3)=N[C@@]2(Cc2ccccc2)C(=O)NCCC(C)(C)C)c1. The molecule has 0 spiro atoms. The zero-order chi connectivity index (χ0) is 28.6. The molecule has 0 saturated carbocycles. The fraction of sp³-hybridized carbons (Fsp3) is 0.394. The quantitative estimate of drug-likeness (QED) is 0.294. The Morgan fingerprint density at radius 3 is 2.45 bits per heavy atom. The Morgan fingerprint density at radius 2 is 1.77 bits per heavy atom. The number of carbonyl (C=O) groups excluding carboxylic acids is 1. The third kappa shape index (κ3) is 7.21. The molecule has 0 aromatic heterocycles. The van der Waals surface area contributed by atoms with Gasteiger partial charge in [-0.15, -0.1) is 0 Å². The smallest absolute Gasteiger partial charge is 0.252 e. The number of carbonyl (C=O) groups is 1. The Labute approximate surface area is 237 Å². The molecule has 2 N–H and O–H groups in total. The molecule has 1 amide bonds. The molecule has 1 aliphatic rings. The third-order valence-corrected chi connectivity index (χ3v) is 6.90. The van der Waals surface area contributed by atoms with Crippen LogP contribution in [0.2, 0.25) is 0 Å². The minimum Gasteiger partial charge on any atom is -0.497 e. The van der Waals surface area contributed by atoms with Gasteiger partial charge < -0.3 is 24.6 Å². The van der Waals surface area contributed by atoms with Crippen LogP contribution in [-0.2, 0) is 16.0 Å². The predicted molar refractivity (Wildman–Crippen MR) is 157 cm³/mol. The van der Waals surface area contributed by atoms with Gasteiger partial charge in [0.2, 0.25) is 5.90 Å². The molecule has 212 valence electrons. The molecule has 3 aromatic rings. The van der Waals surface area contributed by atoms with E-state index in [2.05, 4.69) is 26.1 Å². The molecular weight excluding hydrogens is 504 g/mol. The third-order valence-electron chi connectivity index (χ3n) is 6.90. The first-order valence-electron chi connectivity index (χ1n) is 13.8. The number of nitrogens with zero attached hydrogens (tertiary/aromatic N) is 1. The molecule has 2 atom stereocenters. The van der Waals surface area contributed by atoms with Gasteiger partial charge in [0.25, 0.3) is 5.91 Å². The van der Waals surface area contributed by atoms with Crippen LogP contribution in [0.4, 0.5) is 0 Å². The van der Waals surface area contributed by atoms with Gasteiger partial charge in [0.05, 0.1) is 13.7 Å². The number of benzene rings is 3. The fourth-order valence-corrected chi connectivity index (χ4v) is 4.70. The number of aliphatic imine (C=N–C) groups is 1. The number of hydrogen-bond acceptors (Lipinski definition) is 6. The average Bonchev–Trinajstić information content (AvgIpc) is 3.34. The molecule has 0 radical (unpaired) electrons. The molecule has 3 aromatic carbocycles. The number of methoxy groups -OCH3 is 1. The molecule has 0 fully saturated rings. The van der Waals surface area contributed by atoms with Crippen LogP contribution in [0.3, 0.4) is 0 Å². The highest BCUT2D eigenvalue weighted by atomic mass is 16.5. The lowest BCUT2D eigenvalue weighted by molar-refractivity contribution is -0.129. The zero-order valence-electron chi connectivity index (χ0n) is 23.9. The van der Waals surface area contributed by atoms with Crippen LogP contribution in [-0.4, -0.2) is 49.3 Å².